The minimum absolute atomic E-state index is 0.00840. The maximum absolute atomic E-state index is 13.3. The Morgan fingerprint density at radius 3 is 2.40 bits per heavy atom. The standard InChI is InChI=1S/C24H32N6O5/c1-14(2)30-22(27-28(3)24(30)32)15-8-7-9-29(13-15)23(31)18-12-17(25-26-18)16-10-19(33-4)21(35-6)20(11-16)34-5/h10-12,14-15H,7-9,13H2,1-6H3,(H,25,26). The molecule has 0 saturated carbocycles. The largest absolute Gasteiger partial charge is 0.493 e. The van der Waals surface area contributed by atoms with Crippen LogP contribution in [0, 0.1) is 0 Å². The fourth-order valence-corrected chi connectivity index (χ4v) is 4.61. The van der Waals surface area contributed by atoms with Gasteiger partial charge in [-0.1, -0.05) is 0 Å². The first kappa shape index (κ1) is 24.4. The van der Waals surface area contributed by atoms with Gasteiger partial charge in [-0.05, 0) is 44.9 Å². The number of H-pyrrole nitrogens is 1. The van der Waals surface area contributed by atoms with Gasteiger partial charge in [-0.2, -0.15) is 10.2 Å². The summed E-state index contributed by atoms with van der Waals surface area (Å²) in [6, 6.07) is 5.28. The molecular weight excluding hydrogens is 452 g/mol. The fraction of sp³-hybridized carbons (Fsp3) is 0.500. The number of benzene rings is 1. The van der Waals surface area contributed by atoms with Crippen molar-refractivity contribution >= 4 is 5.91 Å². The maximum Gasteiger partial charge on any atom is 0.345 e. The molecule has 3 aromatic rings. The van der Waals surface area contributed by atoms with Crippen LogP contribution in [0.1, 0.15) is 55.0 Å². The van der Waals surface area contributed by atoms with Gasteiger partial charge < -0.3 is 19.1 Å². The highest BCUT2D eigenvalue weighted by Crippen LogP contribution is 2.41. The summed E-state index contributed by atoms with van der Waals surface area (Å²) in [5.41, 5.74) is 1.55. The number of nitrogens with one attached hydrogen (secondary N) is 1. The lowest BCUT2D eigenvalue weighted by Crippen LogP contribution is -2.40. The first-order valence-corrected chi connectivity index (χ1v) is 11.6. The van der Waals surface area contributed by atoms with Gasteiger partial charge in [0, 0.05) is 37.7 Å². The lowest BCUT2D eigenvalue weighted by Gasteiger charge is -2.32. The smallest absolute Gasteiger partial charge is 0.345 e. The van der Waals surface area contributed by atoms with Crippen molar-refractivity contribution in [3.63, 3.8) is 0 Å². The summed E-state index contributed by atoms with van der Waals surface area (Å²) < 4.78 is 19.3. The zero-order valence-electron chi connectivity index (χ0n) is 21.0. The molecule has 35 heavy (non-hydrogen) atoms. The molecule has 1 aliphatic rings. The second-order valence-corrected chi connectivity index (χ2v) is 8.90. The van der Waals surface area contributed by atoms with Crippen LogP contribution in [0.25, 0.3) is 11.3 Å². The average Bonchev–Trinajstić information content (AvgIpc) is 3.47. The average molecular weight is 485 g/mol. The zero-order chi connectivity index (χ0) is 25.3. The van der Waals surface area contributed by atoms with Crippen molar-refractivity contribution in [1.29, 1.82) is 0 Å². The van der Waals surface area contributed by atoms with E-state index in [1.807, 2.05) is 13.8 Å². The number of hydrogen-bond acceptors (Lipinski definition) is 7. The minimum atomic E-state index is -0.143. The second-order valence-electron chi connectivity index (χ2n) is 8.90. The molecule has 1 aromatic carbocycles. The van der Waals surface area contributed by atoms with Gasteiger partial charge in [0.05, 0.1) is 27.0 Å². The van der Waals surface area contributed by atoms with Crippen LogP contribution in [-0.2, 0) is 7.05 Å². The quantitative estimate of drug-likeness (QED) is 0.548. The number of aromatic amines is 1. The number of piperidine rings is 1. The van der Waals surface area contributed by atoms with Crippen molar-refractivity contribution in [3.8, 4) is 28.5 Å². The highest BCUT2D eigenvalue weighted by molar-refractivity contribution is 5.93. The molecule has 188 valence electrons. The Kier molecular flexibility index (Phi) is 6.86. The molecule has 1 N–H and O–H groups in total. The number of carbonyl (C=O) groups is 1. The number of carbonyl (C=O) groups excluding carboxylic acids is 1. The topological polar surface area (TPSA) is 117 Å². The Morgan fingerprint density at radius 1 is 1.11 bits per heavy atom. The van der Waals surface area contributed by atoms with Crippen molar-refractivity contribution < 1.29 is 19.0 Å². The summed E-state index contributed by atoms with van der Waals surface area (Å²) in [4.78, 5) is 27.7. The fourth-order valence-electron chi connectivity index (χ4n) is 4.61. The molecule has 11 heteroatoms. The molecule has 11 nitrogen and oxygen atoms in total. The Bertz CT molecular complexity index is 1250. The molecule has 1 fully saturated rings. The van der Waals surface area contributed by atoms with E-state index in [4.69, 9.17) is 14.2 Å². The van der Waals surface area contributed by atoms with E-state index < -0.39 is 0 Å². The van der Waals surface area contributed by atoms with E-state index in [9.17, 15) is 9.59 Å². The number of likely N-dealkylation sites (tertiary alicyclic amines) is 1. The number of aromatic nitrogens is 5. The van der Waals surface area contributed by atoms with Crippen LogP contribution in [0.2, 0.25) is 0 Å². The second kappa shape index (κ2) is 9.85. The predicted molar refractivity (Wildman–Crippen MR) is 129 cm³/mol. The Labute approximate surface area is 203 Å². The summed E-state index contributed by atoms with van der Waals surface area (Å²) in [6.07, 6.45) is 1.69. The van der Waals surface area contributed by atoms with Crippen LogP contribution >= 0.6 is 0 Å². The van der Waals surface area contributed by atoms with Gasteiger partial charge in [-0.15, -0.1) is 0 Å². The SMILES string of the molecule is COc1cc(-c2cc(C(=O)N3CCCC(c4nn(C)c(=O)n4C(C)C)C3)[nH]n2)cc(OC)c1OC. The van der Waals surface area contributed by atoms with Crippen molar-refractivity contribution in [1.82, 2.24) is 29.4 Å². The molecule has 0 radical (unpaired) electrons. The van der Waals surface area contributed by atoms with Gasteiger partial charge in [0.1, 0.15) is 11.5 Å². The predicted octanol–water partition coefficient (Wildman–Crippen LogP) is 2.60. The molecule has 2 aromatic heterocycles. The molecule has 1 saturated heterocycles. The Morgan fingerprint density at radius 2 is 1.80 bits per heavy atom. The lowest BCUT2D eigenvalue weighted by molar-refractivity contribution is 0.0696. The van der Waals surface area contributed by atoms with E-state index in [0.717, 1.165) is 24.2 Å². The highest BCUT2D eigenvalue weighted by atomic mass is 16.5. The van der Waals surface area contributed by atoms with Crippen molar-refractivity contribution in [2.75, 3.05) is 34.4 Å². The maximum atomic E-state index is 13.3. The normalized spacial score (nSPS) is 16.0. The van der Waals surface area contributed by atoms with E-state index in [1.54, 1.807) is 56.0 Å². The third kappa shape index (κ3) is 4.50. The summed E-state index contributed by atoms with van der Waals surface area (Å²) in [7, 11) is 6.30. The zero-order valence-corrected chi connectivity index (χ0v) is 21.0. The summed E-state index contributed by atoms with van der Waals surface area (Å²) in [5, 5.41) is 11.7. The van der Waals surface area contributed by atoms with E-state index >= 15 is 0 Å². The molecule has 3 heterocycles. The van der Waals surface area contributed by atoms with E-state index in [2.05, 4.69) is 15.3 Å². The number of ether oxygens (including phenoxy) is 3. The van der Waals surface area contributed by atoms with Crippen LogP contribution in [-0.4, -0.2) is 69.8 Å². The highest BCUT2D eigenvalue weighted by Gasteiger charge is 2.31. The number of methoxy groups -OCH3 is 3. The number of hydrogen-bond donors (Lipinski definition) is 1. The Hall–Kier alpha value is -3.76. The molecule has 0 aliphatic carbocycles. The van der Waals surface area contributed by atoms with Gasteiger partial charge in [0.2, 0.25) is 5.75 Å². The van der Waals surface area contributed by atoms with Gasteiger partial charge >= 0.3 is 5.69 Å². The molecule has 1 atom stereocenters. The minimum Gasteiger partial charge on any atom is -0.493 e. The van der Waals surface area contributed by atoms with Gasteiger partial charge in [0.25, 0.3) is 5.91 Å². The monoisotopic (exact) mass is 484 g/mol. The van der Waals surface area contributed by atoms with E-state index in [1.165, 1.54) is 4.68 Å². The molecule has 4 rings (SSSR count). The molecule has 1 unspecified atom stereocenters. The number of aryl methyl sites for hydroxylation is 1. The van der Waals surface area contributed by atoms with Crippen LogP contribution in [0.15, 0.2) is 23.0 Å². The molecule has 0 spiro atoms. The van der Waals surface area contributed by atoms with E-state index in [-0.39, 0.29) is 23.6 Å². The van der Waals surface area contributed by atoms with Crippen LogP contribution in [0.3, 0.4) is 0 Å². The Balaban J connectivity index is 1.58. The summed E-state index contributed by atoms with van der Waals surface area (Å²) >= 11 is 0. The first-order valence-electron chi connectivity index (χ1n) is 11.6. The van der Waals surface area contributed by atoms with Gasteiger partial charge in [-0.25, -0.2) is 9.48 Å². The van der Waals surface area contributed by atoms with Crippen LogP contribution < -0.4 is 19.9 Å². The lowest BCUT2D eigenvalue weighted by atomic mass is 9.96. The van der Waals surface area contributed by atoms with Gasteiger partial charge in [-0.3, -0.25) is 14.5 Å². The number of nitrogens with zero attached hydrogens (tertiary/aromatic N) is 5. The molecule has 1 aliphatic heterocycles. The number of rotatable bonds is 7. The third-order valence-electron chi connectivity index (χ3n) is 6.34. The summed E-state index contributed by atoms with van der Waals surface area (Å²) in [5.74, 6) is 2.06. The van der Waals surface area contributed by atoms with Crippen molar-refractivity contribution in [2.24, 2.45) is 7.05 Å². The van der Waals surface area contributed by atoms with Crippen LogP contribution in [0.4, 0.5) is 0 Å². The number of amides is 1. The summed E-state index contributed by atoms with van der Waals surface area (Å²) in [6.45, 7) is 5.05. The van der Waals surface area contributed by atoms with Crippen molar-refractivity contribution in [3.05, 3.63) is 40.2 Å². The molecule has 1 amide bonds. The van der Waals surface area contributed by atoms with Crippen LogP contribution in [0.5, 0.6) is 17.2 Å². The molecular formula is C24H32N6O5. The first-order chi connectivity index (χ1) is 16.8. The van der Waals surface area contributed by atoms with E-state index in [0.29, 0.717) is 41.7 Å². The van der Waals surface area contributed by atoms with Crippen molar-refractivity contribution in [2.45, 2.75) is 38.6 Å². The molecule has 0 bridgehead atoms. The van der Waals surface area contributed by atoms with Gasteiger partial charge in [0.15, 0.2) is 11.5 Å². The third-order valence-corrected chi connectivity index (χ3v) is 6.34.